The zero-order valence-electron chi connectivity index (χ0n) is 17.3. The molecule has 0 N–H and O–H groups in total. The van der Waals surface area contributed by atoms with Gasteiger partial charge in [0.05, 0.1) is 0 Å². The van der Waals surface area contributed by atoms with Crippen molar-refractivity contribution in [2.24, 2.45) is 0 Å². The molecule has 4 heteroatoms. The highest BCUT2D eigenvalue weighted by Gasteiger charge is 1.96. The van der Waals surface area contributed by atoms with Crippen molar-refractivity contribution in [3.63, 3.8) is 0 Å². The van der Waals surface area contributed by atoms with Crippen molar-refractivity contribution < 1.29 is 0 Å². The largest absolute Gasteiger partial charge is 0.261 e. The molecule has 0 aliphatic heterocycles. The molecule has 4 nitrogen and oxygen atoms in total. The monoisotopic (exact) mass is 396 g/mol. The van der Waals surface area contributed by atoms with E-state index in [0.717, 1.165) is 61.3 Å². The van der Waals surface area contributed by atoms with Crippen molar-refractivity contribution in [3.8, 4) is 0 Å². The first kappa shape index (κ1) is 21.3. The highest BCUT2D eigenvalue weighted by Crippen LogP contribution is 2.04. The average Bonchev–Trinajstić information content (AvgIpc) is 2.82. The van der Waals surface area contributed by atoms with E-state index < -0.39 is 0 Å². The van der Waals surface area contributed by atoms with Crippen LogP contribution in [0.5, 0.6) is 0 Å². The molecule has 0 fully saturated rings. The smallest absolute Gasteiger partial charge is 0.0403 e. The number of aryl methyl sites for hydroxylation is 4. The Morgan fingerprint density at radius 2 is 0.633 bits per heavy atom. The van der Waals surface area contributed by atoms with E-state index in [0.29, 0.717) is 0 Å². The highest BCUT2D eigenvalue weighted by molar-refractivity contribution is 5.07. The predicted octanol–water partition coefficient (Wildman–Crippen LogP) is 5.30. The molecular weight excluding hydrogens is 368 g/mol. The minimum atomic E-state index is 1.03. The summed E-state index contributed by atoms with van der Waals surface area (Å²) in [6, 6.07) is 24.2. The molecule has 4 heterocycles. The number of rotatable bonds is 8. The molecule has 0 atom stereocenters. The second kappa shape index (κ2) is 12.9. The van der Waals surface area contributed by atoms with Gasteiger partial charge in [0.2, 0.25) is 0 Å². The van der Waals surface area contributed by atoms with Gasteiger partial charge in [-0.05, 0) is 87.1 Å². The zero-order valence-corrected chi connectivity index (χ0v) is 17.3. The lowest BCUT2D eigenvalue weighted by Crippen LogP contribution is -1.93. The van der Waals surface area contributed by atoms with Crippen LogP contribution in [0.1, 0.15) is 35.6 Å². The van der Waals surface area contributed by atoms with Crippen LogP contribution in [0.2, 0.25) is 0 Å². The molecular formula is C26H28N4. The molecule has 0 aliphatic carbocycles. The van der Waals surface area contributed by atoms with Crippen molar-refractivity contribution in [2.75, 3.05) is 0 Å². The lowest BCUT2D eigenvalue weighted by Gasteiger charge is -2.00. The van der Waals surface area contributed by atoms with Gasteiger partial charge in [-0.15, -0.1) is 0 Å². The SMILES string of the molecule is c1ccc(CCCc2ccccn2)nc1.c1ccc(CCCc2ccccn2)nc1. The maximum Gasteiger partial charge on any atom is 0.0403 e. The van der Waals surface area contributed by atoms with Crippen molar-refractivity contribution >= 4 is 0 Å². The summed E-state index contributed by atoms with van der Waals surface area (Å²) in [4.78, 5) is 17.2. The van der Waals surface area contributed by atoms with Crippen molar-refractivity contribution in [1.82, 2.24) is 19.9 Å². The third-order valence-corrected chi connectivity index (χ3v) is 4.64. The lowest BCUT2D eigenvalue weighted by atomic mass is 10.1. The molecule has 4 rings (SSSR count). The van der Waals surface area contributed by atoms with E-state index in [-0.39, 0.29) is 0 Å². The van der Waals surface area contributed by atoms with Crippen LogP contribution in [-0.2, 0) is 25.7 Å². The number of nitrogens with zero attached hydrogens (tertiary/aromatic N) is 4. The van der Waals surface area contributed by atoms with E-state index in [4.69, 9.17) is 0 Å². The summed E-state index contributed by atoms with van der Waals surface area (Å²) in [7, 11) is 0. The lowest BCUT2D eigenvalue weighted by molar-refractivity contribution is 0.781. The van der Waals surface area contributed by atoms with Gasteiger partial charge < -0.3 is 0 Å². The Morgan fingerprint density at radius 1 is 0.367 bits per heavy atom. The van der Waals surface area contributed by atoms with Crippen LogP contribution in [0, 0.1) is 0 Å². The van der Waals surface area contributed by atoms with E-state index >= 15 is 0 Å². The molecule has 0 bridgehead atoms. The Bertz CT molecular complexity index is 770. The normalized spacial score (nSPS) is 10.1. The van der Waals surface area contributed by atoms with E-state index in [1.54, 1.807) is 0 Å². The van der Waals surface area contributed by atoms with Gasteiger partial charge in [-0.2, -0.15) is 0 Å². The van der Waals surface area contributed by atoms with Crippen molar-refractivity contribution in [3.05, 3.63) is 120 Å². The van der Waals surface area contributed by atoms with Gasteiger partial charge in [-0.25, -0.2) is 0 Å². The highest BCUT2D eigenvalue weighted by atomic mass is 14.7. The maximum absolute atomic E-state index is 4.29. The van der Waals surface area contributed by atoms with E-state index in [9.17, 15) is 0 Å². The number of hydrogen-bond donors (Lipinski definition) is 0. The molecule has 0 unspecified atom stereocenters. The Hall–Kier alpha value is -3.40. The molecule has 0 spiro atoms. The third kappa shape index (κ3) is 8.31. The summed E-state index contributed by atoms with van der Waals surface area (Å²) < 4.78 is 0. The predicted molar refractivity (Wildman–Crippen MR) is 121 cm³/mol. The second-order valence-corrected chi connectivity index (χ2v) is 6.99. The minimum Gasteiger partial charge on any atom is -0.261 e. The van der Waals surface area contributed by atoms with Crippen LogP contribution < -0.4 is 0 Å². The molecule has 0 saturated carbocycles. The van der Waals surface area contributed by atoms with Crippen LogP contribution in [0.4, 0.5) is 0 Å². The van der Waals surface area contributed by atoms with Gasteiger partial charge in [0.25, 0.3) is 0 Å². The molecule has 4 aromatic rings. The fourth-order valence-corrected chi connectivity index (χ4v) is 3.09. The summed E-state index contributed by atoms with van der Waals surface area (Å²) in [6.45, 7) is 0. The Labute approximate surface area is 179 Å². The topological polar surface area (TPSA) is 51.6 Å². The van der Waals surface area contributed by atoms with Crippen LogP contribution in [0.15, 0.2) is 97.6 Å². The van der Waals surface area contributed by atoms with Gasteiger partial charge in [-0.1, -0.05) is 24.3 Å². The second-order valence-electron chi connectivity index (χ2n) is 6.99. The first-order valence-electron chi connectivity index (χ1n) is 10.5. The standard InChI is InChI=1S/2C13H14N2/c2*1-3-10-14-12(6-1)8-5-9-13-7-2-4-11-15-13/h2*1-4,6-7,10-11H,5,8-9H2. The van der Waals surface area contributed by atoms with Crippen LogP contribution in [-0.4, -0.2) is 19.9 Å². The first-order valence-corrected chi connectivity index (χ1v) is 10.5. The van der Waals surface area contributed by atoms with Gasteiger partial charge in [0.1, 0.15) is 0 Å². The Balaban J connectivity index is 0.000000171. The summed E-state index contributed by atoms with van der Waals surface area (Å²) in [5.74, 6) is 0. The fraction of sp³-hybridized carbons (Fsp3) is 0.231. The number of hydrogen-bond acceptors (Lipinski definition) is 4. The zero-order chi connectivity index (χ0) is 20.7. The molecule has 0 aliphatic rings. The molecule has 0 aromatic carbocycles. The average molecular weight is 397 g/mol. The Kier molecular flexibility index (Phi) is 9.19. The quantitative estimate of drug-likeness (QED) is 0.405. The summed E-state index contributed by atoms with van der Waals surface area (Å²) in [5, 5.41) is 0. The van der Waals surface area contributed by atoms with E-state index in [1.165, 1.54) is 0 Å². The molecule has 0 saturated heterocycles. The number of pyridine rings is 4. The first-order chi connectivity index (χ1) is 14.9. The van der Waals surface area contributed by atoms with Crippen molar-refractivity contribution in [2.45, 2.75) is 38.5 Å². The fourth-order valence-electron chi connectivity index (χ4n) is 3.09. The summed E-state index contributed by atoms with van der Waals surface area (Å²) in [6.07, 6.45) is 13.7. The minimum absolute atomic E-state index is 1.03. The summed E-state index contributed by atoms with van der Waals surface area (Å²) in [5.41, 5.74) is 4.64. The molecule has 4 aromatic heterocycles. The number of aromatic nitrogens is 4. The molecule has 0 radical (unpaired) electrons. The summed E-state index contributed by atoms with van der Waals surface area (Å²) >= 11 is 0. The van der Waals surface area contributed by atoms with Gasteiger partial charge in [0.15, 0.2) is 0 Å². The van der Waals surface area contributed by atoms with Crippen LogP contribution in [0.3, 0.4) is 0 Å². The third-order valence-electron chi connectivity index (χ3n) is 4.64. The molecule has 152 valence electrons. The molecule has 0 amide bonds. The van der Waals surface area contributed by atoms with Gasteiger partial charge >= 0.3 is 0 Å². The van der Waals surface area contributed by atoms with Gasteiger partial charge in [0, 0.05) is 47.6 Å². The Morgan fingerprint density at radius 3 is 0.833 bits per heavy atom. The van der Waals surface area contributed by atoms with Crippen molar-refractivity contribution in [1.29, 1.82) is 0 Å². The van der Waals surface area contributed by atoms with Crippen LogP contribution >= 0.6 is 0 Å². The molecule has 30 heavy (non-hydrogen) atoms. The maximum atomic E-state index is 4.29. The van der Waals surface area contributed by atoms with Crippen LogP contribution in [0.25, 0.3) is 0 Å². The van der Waals surface area contributed by atoms with Gasteiger partial charge in [-0.3, -0.25) is 19.9 Å². The van der Waals surface area contributed by atoms with E-state index in [2.05, 4.69) is 44.2 Å². The van der Waals surface area contributed by atoms with E-state index in [1.807, 2.05) is 73.3 Å².